The highest BCUT2D eigenvalue weighted by atomic mass is 16.5. The molecule has 0 fully saturated rings. The predicted molar refractivity (Wildman–Crippen MR) is 85.3 cm³/mol. The molecule has 3 heteroatoms. The maximum Gasteiger partial charge on any atom is 0.0716 e. The van der Waals surface area contributed by atoms with Gasteiger partial charge in [0.05, 0.1) is 6.61 Å². The first-order valence-electron chi connectivity index (χ1n) is 6.77. The van der Waals surface area contributed by atoms with E-state index in [9.17, 15) is 0 Å². The molecule has 0 amide bonds. The number of hydrogen-bond donors (Lipinski definition) is 1. The Balaban J connectivity index is 2.07. The van der Waals surface area contributed by atoms with Crippen molar-refractivity contribution in [2.45, 2.75) is 13.2 Å². The molecule has 0 saturated carbocycles. The van der Waals surface area contributed by atoms with Crippen LogP contribution in [0.5, 0.6) is 0 Å². The quantitative estimate of drug-likeness (QED) is 0.869. The van der Waals surface area contributed by atoms with Crippen LogP contribution in [0.1, 0.15) is 11.1 Å². The van der Waals surface area contributed by atoms with Crippen molar-refractivity contribution in [2.75, 3.05) is 31.4 Å². The third-order valence-electron chi connectivity index (χ3n) is 3.26. The van der Waals surface area contributed by atoms with Gasteiger partial charge in [-0.15, -0.1) is 0 Å². The number of nitrogens with one attached hydrogen (secondary N) is 1. The van der Waals surface area contributed by atoms with Gasteiger partial charge in [-0.1, -0.05) is 30.3 Å². The Labute approximate surface area is 121 Å². The zero-order chi connectivity index (χ0) is 14.4. The molecule has 0 spiro atoms. The fraction of sp³-hybridized carbons (Fsp3) is 0.294. The fourth-order valence-corrected chi connectivity index (χ4v) is 2.12. The predicted octanol–water partition coefficient (Wildman–Crippen LogP) is 3.51. The average Bonchev–Trinajstić information content (AvgIpc) is 2.47. The Kier molecular flexibility index (Phi) is 5.02. The summed E-state index contributed by atoms with van der Waals surface area (Å²) in [5, 5.41) is 3.47. The van der Waals surface area contributed by atoms with Gasteiger partial charge in [-0.2, -0.15) is 0 Å². The molecule has 0 aliphatic carbocycles. The van der Waals surface area contributed by atoms with Crippen LogP contribution in [0.2, 0.25) is 0 Å². The minimum Gasteiger partial charge on any atom is -0.381 e. The van der Waals surface area contributed by atoms with E-state index in [1.54, 1.807) is 7.11 Å². The van der Waals surface area contributed by atoms with Crippen LogP contribution in [0.15, 0.2) is 48.5 Å². The summed E-state index contributed by atoms with van der Waals surface area (Å²) in [6, 6.07) is 16.8. The van der Waals surface area contributed by atoms with Crippen molar-refractivity contribution in [3.8, 4) is 0 Å². The molecule has 0 aromatic heterocycles. The van der Waals surface area contributed by atoms with E-state index >= 15 is 0 Å². The lowest BCUT2D eigenvalue weighted by atomic mass is 10.1. The monoisotopic (exact) mass is 270 g/mol. The first-order valence-corrected chi connectivity index (χ1v) is 6.77. The highest BCUT2D eigenvalue weighted by Gasteiger charge is 2.02. The summed E-state index contributed by atoms with van der Waals surface area (Å²) < 4.78 is 5.24. The Hall–Kier alpha value is -2.00. The summed E-state index contributed by atoms with van der Waals surface area (Å²) in [6.45, 7) is 1.45. The zero-order valence-corrected chi connectivity index (χ0v) is 12.4. The van der Waals surface area contributed by atoms with Gasteiger partial charge < -0.3 is 15.0 Å². The largest absolute Gasteiger partial charge is 0.381 e. The molecule has 0 bridgehead atoms. The normalized spacial score (nSPS) is 10.3. The Morgan fingerprint density at radius 1 is 1.00 bits per heavy atom. The molecule has 2 aromatic rings. The van der Waals surface area contributed by atoms with Crippen molar-refractivity contribution in [2.24, 2.45) is 0 Å². The van der Waals surface area contributed by atoms with Gasteiger partial charge >= 0.3 is 0 Å². The van der Waals surface area contributed by atoms with E-state index in [0.717, 1.165) is 12.2 Å². The molecule has 0 aliphatic heterocycles. The van der Waals surface area contributed by atoms with Gasteiger partial charge in [-0.25, -0.2) is 0 Å². The third kappa shape index (κ3) is 3.75. The van der Waals surface area contributed by atoms with E-state index in [0.29, 0.717) is 6.61 Å². The number of ether oxygens (including phenoxy) is 1. The summed E-state index contributed by atoms with van der Waals surface area (Å²) in [5.41, 5.74) is 4.82. The standard InChI is InChI=1S/C17H22N2O/c1-19(2)17-10-6-9-16(11-17)18-12-14-7-4-5-8-15(14)13-20-3/h4-11,18H,12-13H2,1-3H3. The van der Waals surface area contributed by atoms with Crippen LogP contribution in [-0.2, 0) is 17.9 Å². The lowest BCUT2D eigenvalue weighted by Gasteiger charge is -2.15. The number of rotatable bonds is 6. The molecule has 0 unspecified atom stereocenters. The lowest BCUT2D eigenvalue weighted by Crippen LogP contribution is -2.09. The summed E-state index contributed by atoms with van der Waals surface area (Å²) in [6.07, 6.45) is 0. The smallest absolute Gasteiger partial charge is 0.0716 e. The third-order valence-corrected chi connectivity index (χ3v) is 3.26. The first-order chi connectivity index (χ1) is 9.70. The Morgan fingerprint density at radius 3 is 2.45 bits per heavy atom. The number of hydrogen-bond acceptors (Lipinski definition) is 3. The van der Waals surface area contributed by atoms with Crippen LogP contribution < -0.4 is 10.2 Å². The van der Waals surface area contributed by atoms with Gasteiger partial charge in [-0.05, 0) is 29.3 Å². The van der Waals surface area contributed by atoms with Gasteiger partial charge in [0, 0.05) is 39.1 Å². The topological polar surface area (TPSA) is 24.5 Å². The van der Waals surface area contributed by atoms with Crippen LogP contribution >= 0.6 is 0 Å². The second-order valence-electron chi connectivity index (χ2n) is 5.00. The molecule has 0 heterocycles. The van der Waals surface area contributed by atoms with Crippen molar-refractivity contribution < 1.29 is 4.74 Å². The zero-order valence-electron chi connectivity index (χ0n) is 12.4. The van der Waals surface area contributed by atoms with Crippen LogP contribution in [0.25, 0.3) is 0 Å². The van der Waals surface area contributed by atoms with E-state index in [1.807, 2.05) is 20.2 Å². The molecule has 2 rings (SSSR count). The first kappa shape index (κ1) is 14.4. The second kappa shape index (κ2) is 6.96. The lowest BCUT2D eigenvalue weighted by molar-refractivity contribution is 0.184. The van der Waals surface area contributed by atoms with Crippen LogP contribution in [0.3, 0.4) is 0 Å². The molecule has 0 radical (unpaired) electrons. The minimum atomic E-state index is 0.648. The van der Waals surface area contributed by atoms with Crippen LogP contribution in [-0.4, -0.2) is 21.2 Å². The van der Waals surface area contributed by atoms with Crippen LogP contribution in [0.4, 0.5) is 11.4 Å². The summed E-state index contributed by atoms with van der Waals surface area (Å²) >= 11 is 0. The number of methoxy groups -OCH3 is 1. The Morgan fingerprint density at radius 2 is 1.75 bits per heavy atom. The molecule has 20 heavy (non-hydrogen) atoms. The molecular weight excluding hydrogens is 248 g/mol. The SMILES string of the molecule is COCc1ccccc1CNc1cccc(N(C)C)c1. The molecular formula is C17H22N2O. The van der Waals surface area contributed by atoms with Crippen molar-refractivity contribution in [1.82, 2.24) is 0 Å². The van der Waals surface area contributed by atoms with Gasteiger partial charge in [0.15, 0.2) is 0 Å². The number of nitrogens with zero attached hydrogens (tertiary/aromatic N) is 1. The molecule has 0 aliphatic rings. The van der Waals surface area contributed by atoms with Gasteiger partial charge in [0.2, 0.25) is 0 Å². The van der Waals surface area contributed by atoms with Crippen molar-refractivity contribution in [3.05, 3.63) is 59.7 Å². The maximum atomic E-state index is 5.24. The summed E-state index contributed by atoms with van der Waals surface area (Å²) in [5.74, 6) is 0. The number of anilines is 2. The fourth-order valence-electron chi connectivity index (χ4n) is 2.12. The molecule has 2 aromatic carbocycles. The summed E-state index contributed by atoms with van der Waals surface area (Å²) in [7, 11) is 5.82. The molecule has 106 valence electrons. The van der Waals surface area contributed by atoms with E-state index in [-0.39, 0.29) is 0 Å². The second-order valence-corrected chi connectivity index (χ2v) is 5.00. The molecule has 1 N–H and O–H groups in total. The molecule has 0 saturated heterocycles. The van der Waals surface area contributed by atoms with Crippen molar-refractivity contribution in [3.63, 3.8) is 0 Å². The van der Waals surface area contributed by atoms with Crippen molar-refractivity contribution >= 4 is 11.4 Å². The van der Waals surface area contributed by atoms with E-state index in [2.05, 4.69) is 52.7 Å². The highest BCUT2D eigenvalue weighted by molar-refractivity contribution is 5.57. The maximum absolute atomic E-state index is 5.24. The number of benzene rings is 2. The van der Waals surface area contributed by atoms with E-state index in [4.69, 9.17) is 4.74 Å². The van der Waals surface area contributed by atoms with E-state index < -0.39 is 0 Å². The Bertz CT molecular complexity index is 552. The average molecular weight is 270 g/mol. The molecule has 3 nitrogen and oxygen atoms in total. The molecule has 0 atom stereocenters. The van der Waals surface area contributed by atoms with E-state index in [1.165, 1.54) is 16.8 Å². The summed E-state index contributed by atoms with van der Waals surface area (Å²) in [4.78, 5) is 2.10. The van der Waals surface area contributed by atoms with Gasteiger partial charge in [0.25, 0.3) is 0 Å². The van der Waals surface area contributed by atoms with Crippen LogP contribution in [0, 0.1) is 0 Å². The van der Waals surface area contributed by atoms with Gasteiger partial charge in [0.1, 0.15) is 0 Å². The highest BCUT2D eigenvalue weighted by Crippen LogP contribution is 2.19. The minimum absolute atomic E-state index is 0.648. The van der Waals surface area contributed by atoms with Gasteiger partial charge in [-0.3, -0.25) is 0 Å². The van der Waals surface area contributed by atoms with Crippen molar-refractivity contribution in [1.29, 1.82) is 0 Å².